The normalized spacial score (nSPS) is 10.8. The number of hydrogen-bond donors (Lipinski definition) is 0. The van der Waals surface area contributed by atoms with Crippen LogP contribution in [0.4, 0.5) is 5.69 Å². The standard InChI is InChI=1S/C16H13NO/c1-17-16-11-7-6-10-14(16)15(12-18-2)13-8-4-3-5-9-13/h3-12H,2H3/b15-12-. The summed E-state index contributed by atoms with van der Waals surface area (Å²) in [6.45, 7) is 7.23. The Hall–Kier alpha value is -2.53. The van der Waals surface area contributed by atoms with Gasteiger partial charge in [-0.25, -0.2) is 4.85 Å². The van der Waals surface area contributed by atoms with Crippen LogP contribution in [0.2, 0.25) is 0 Å². The third kappa shape index (κ3) is 2.41. The van der Waals surface area contributed by atoms with E-state index in [-0.39, 0.29) is 0 Å². The zero-order valence-electron chi connectivity index (χ0n) is 10.1. The van der Waals surface area contributed by atoms with Crippen molar-refractivity contribution in [3.8, 4) is 0 Å². The molecule has 2 aromatic carbocycles. The van der Waals surface area contributed by atoms with Crippen LogP contribution in [0.1, 0.15) is 11.1 Å². The molecule has 2 aromatic rings. The maximum absolute atomic E-state index is 7.23. The average molecular weight is 235 g/mol. The van der Waals surface area contributed by atoms with Gasteiger partial charge in [-0.3, -0.25) is 0 Å². The molecule has 0 N–H and O–H groups in total. The summed E-state index contributed by atoms with van der Waals surface area (Å²) in [6, 6.07) is 17.5. The number of hydrogen-bond acceptors (Lipinski definition) is 1. The number of benzene rings is 2. The molecule has 2 nitrogen and oxygen atoms in total. The van der Waals surface area contributed by atoms with Crippen LogP contribution in [-0.2, 0) is 4.74 Å². The Balaban J connectivity index is 2.57. The van der Waals surface area contributed by atoms with Gasteiger partial charge in [0.2, 0.25) is 0 Å². The lowest BCUT2D eigenvalue weighted by atomic mass is 9.98. The summed E-state index contributed by atoms with van der Waals surface area (Å²) in [6.07, 6.45) is 1.68. The third-order valence-electron chi connectivity index (χ3n) is 2.64. The molecule has 0 aliphatic heterocycles. The van der Waals surface area contributed by atoms with E-state index in [0.717, 1.165) is 16.7 Å². The predicted octanol–water partition coefficient (Wildman–Crippen LogP) is 4.27. The molecule has 0 heterocycles. The lowest BCUT2D eigenvalue weighted by Crippen LogP contribution is -1.89. The third-order valence-corrected chi connectivity index (χ3v) is 2.64. The molecular formula is C16H13NO. The molecule has 0 spiro atoms. The minimum Gasteiger partial charge on any atom is -0.504 e. The van der Waals surface area contributed by atoms with Gasteiger partial charge in [0.1, 0.15) is 0 Å². The van der Waals surface area contributed by atoms with E-state index >= 15 is 0 Å². The number of para-hydroxylation sites is 1. The van der Waals surface area contributed by atoms with Gasteiger partial charge in [-0.05, 0) is 11.1 Å². The molecule has 0 aliphatic rings. The molecular weight excluding hydrogens is 222 g/mol. The van der Waals surface area contributed by atoms with Crippen LogP contribution in [-0.4, -0.2) is 7.11 Å². The maximum Gasteiger partial charge on any atom is 0.195 e. The molecule has 2 rings (SSSR count). The Labute approximate surface area is 107 Å². The van der Waals surface area contributed by atoms with Gasteiger partial charge in [-0.15, -0.1) is 0 Å². The summed E-state index contributed by atoms with van der Waals surface area (Å²) in [7, 11) is 1.61. The highest BCUT2D eigenvalue weighted by Crippen LogP contribution is 2.31. The van der Waals surface area contributed by atoms with E-state index in [9.17, 15) is 0 Å². The summed E-state index contributed by atoms with van der Waals surface area (Å²) in [5, 5.41) is 0. The van der Waals surface area contributed by atoms with Crippen LogP contribution < -0.4 is 0 Å². The van der Waals surface area contributed by atoms with Crippen LogP contribution in [0.15, 0.2) is 60.9 Å². The summed E-state index contributed by atoms with van der Waals surface area (Å²) < 4.78 is 5.15. The Morgan fingerprint density at radius 2 is 1.72 bits per heavy atom. The molecule has 0 fully saturated rings. The molecule has 2 heteroatoms. The molecule has 0 saturated carbocycles. The van der Waals surface area contributed by atoms with Crippen LogP contribution in [0.5, 0.6) is 0 Å². The van der Waals surface area contributed by atoms with Crippen molar-refractivity contribution in [3.63, 3.8) is 0 Å². The first-order chi connectivity index (χ1) is 8.86. The van der Waals surface area contributed by atoms with Crippen molar-refractivity contribution in [2.45, 2.75) is 0 Å². The predicted molar refractivity (Wildman–Crippen MR) is 73.2 cm³/mol. The number of rotatable bonds is 3. The Bertz CT molecular complexity index is 594. The first kappa shape index (κ1) is 11.9. The van der Waals surface area contributed by atoms with Crippen molar-refractivity contribution < 1.29 is 4.74 Å². The molecule has 0 radical (unpaired) electrons. The van der Waals surface area contributed by atoms with Crippen molar-refractivity contribution in [2.24, 2.45) is 0 Å². The van der Waals surface area contributed by atoms with Crippen molar-refractivity contribution in [2.75, 3.05) is 7.11 Å². The van der Waals surface area contributed by atoms with Gasteiger partial charge in [0, 0.05) is 5.57 Å². The van der Waals surface area contributed by atoms with Gasteiger partial charge in [0.05, 0.1) is 19.9 Å². The quantitative estimate of drug-likeness (QED) is 0.572. The minimum atomic E-state index is 0.629. The second kappa shape index (κ2) is 5.70. The van der Waals surface area contributed by atoms with Crippen LogP contribution in [0.25, 0.3) is 10.4 Å². The lowest BCUT2D eigenvalue weighted by Gasteiger charge is -2.09. The average Bonchev–Trinajstić information content (AvgIpc) is 2.46. The molecule has 0 unspecified atom stereocenters. The van der Waals surface area contributed by atoms with Gasteiger partial charge >= 0.3 is 0 Å². The van der Waals surface area contributed by atoms with Gasteiger partial charge < -0.3 is 4.74 Å². The summed E-state index contributed by atoms with van der Waals surface area (Å²) in [5.74, 6) is 0. The van der Waals surface area contributed by atoms with Gasteiger partial charge in [-0.1, -0.05) is 54.6 Å². The largest absolute Gasteiger partial charge is 0.504 e. The maximum atomic E-state index is 7.23. The Kier molecular flexibility index (Phi) is 3.78. The summed E-state index contributed by atoms with van der Waals surface area (Å²) >= 11 is 0. The molecule has 0 aliphatic carbocycles. The minimum absolute atomic E-state index is 0.629. The summed E-state index contributed by atoms with van der Waals surface area (Å²) in [5.41, 5.74) is 3.48. The zero-order chi connectivity index (χ0) is 12.8. The monoisotopic (exact) mass is 235 g/mol. The van der Waals surface area contributed by atoms with Crippen molar-refractivity contribution in [1.29, 1.82) is 0 Å². The smallest absolute Gasteiger partial charge is 0.195 e. The van der Waals surface area contributed by atoms with E-state index in [1.807, 2.05) is 54.6 Å². The molecule has 0 aromatic heterocycles. The number of nitrogens with zero attached hydrogens (tertiary/aromatic N) is 1. The van der Waals surface area contributed by atoms with Crippen LogP contribution in [0.3, 0.4) is 0 Å². The zero-order valence-corrected chi connectivity index (χ0v) is 10.1. The lowest BCUT2D eigenvalue weighted by molar-refractivity contribution is 0.340. The molecule has 0 saturated heterocycles. The van der Waals surface area contributed by atoms with Crippen molar-refractivity contribution in [1.82, 2.24) is 0 Å². The number of ether oxygens (including phenoxy) is 1. The highest BCUT2D eigenvalue weighted by molar-refractivity contribution is 5.85. The van der Waals surface area contributed by atoms with E-state index in [0.29, 0.717) is 5.69 Å². The highest BCUT2D eigenvalue weighted by atomic mass is 16.5. The topological polar surface area (TPSA) is 13.6 Å². The first-order valence-electron chi connectivity index (χ1n) is 5.62. The Morgan fingerprint density at radius 1 is 1.06 bits per heavy atom. The number of methoxy groups -OCH3 is 1. The fourth-order valence-electron chi connectivity index (χ4n) is 1.82. The van der Waals surface area contributed by atoms with Crippen LogP contribution >= 0.6 is 0 Å². The second-order valence-corrected chi connectivity index (χ2v) is 3.76. The van der Waals surface area contributed by atoms with Crippen molar-refractivity contribution >= 4 is 11.3 Å². The molecule has 18 heavy (non-hydrogen) atoms. The van der Waals surface area contributed by atoms with Crippen molar-refractivity contribution in [3.05, 3.63) is 83.4 Å². The Morgan fingerprint density at radius 3 is 2.39 bits per heavy atom. The summed E-state index contributed by atoms with van der Waals surface area (Å²) in [4.78, 5) is 3.55. The van der Waals surface area contributed by atoms with E-state index in [4.69, 9.17) is 11.3 Å². The molecule has 0 amide bonds. The molecule has 88 valence electrons. The first-order valence-corrected chi connectivity index (χ1v) is 5.62. The van der Waals surface area contributed by atoms with Gasteiger partial charge in [0.25, 0.3) is 0 Å². The second-order valence-electron chi connectivity index (χ2n) is 3.76. The van der Waals surface area contributed by atoms with Crippen LogP contribution in [0, 0.1) is 6.57 Å². The SMILES string of the molecule is [C-]#[N+]c1ccccc1/C(=C\OC)c1ccccc1. The molecule has 0 atom stereocenters. The fraction of sp³-hybridized carbons (Fsp3) is 0.0625. The molecule has 0 bridgehead atoms. The van der Waals surface area contributed by atoms with Gasteiger partial charge in [-0.2, -0.15) is 0 Å². The van der Waals surface area contributed by atoms with E-state index in [1.165, 1.54) is 0 Å². The van der Waals surface area contributed by atoms with E-state index < -0.39 is 0 Å². The van der Waals surface area contributed by atoms with E-state index in [1.54, 1.807) is 13.4 Å². The highest BCUT2D eigenvalue weighted by Gasteiger charge is 2.09. The fourth-order valence-corrected chi connectivity index (χ4v) is 1.82. The van der Waals surface area contributed by atoms with Gasteiger partial charge in [0.15, 0.2) is 5.69 Å². The van der Waals surface area contributed by atoms with E-state index in [2.05, 4.69) is 4.85 Å².